The molecule has 4 aliphatic carbocycles. The maximum atomic E-state index is 13.4. The fourth-order valence-electron chi connectivity index (χ4n) is 6.92. The summed E-state index contributed by atoms with van der Waals surface area (Å²) in [6.45, 7) is 6.12. The van der Waals surface area contributed by atoms with Crippen LogP contribution in [0.1, 0.15) is 70.9 Å². The number of amides is 2. The fraction of sp³-hybridized carbons (Fsp3) is 0.692. The van der Waals surface area contributed by atoms with Crippen molar-refractivity contribution in [2.24, 2.45) is 23.7 Å². The third-order valence-electron chi connectivity index (χ3n) is 7.85. The Morgan fingerprint density at radius 2 is 1.59 bits per heavy atom. The Morgan fingerprint density at radius 3 is 2.19 bits per heavy atom. The molecule has 0 aromatic heterocycles. The number of likely N-dealkylation sites (tertiary alicyclic amines) is 1. The molecule has 6 nitrogen and oxygen atoms in total. The molecule has 2 atom stereocenters. The van der Waals surface area contributed by atoms with E-state index in [2.05, 4.69) is 5.32 Å². The van der Waals surface area contributed by atoms with Gasteiger partial charge in [-0.25, -0.2) is 9.59 Å². The highest BCUT2D eigenvalue weighted by Crippen LogP contribution is 2.54. The van der Waals surface area contributed by atoms with E-state index in [0.29, 0.717) is 24.8 Å². The summed E-state index contributed by atoms with van der Waals surface area (Å²) in [5, 5.41) is 3.01. The molecule has 6 rings (SSSR count). The van der Waals surface area contributed by atoms with E-state index in [1.165, 1.54) is 32.1 Å². The lowest BCUT2D eigenvalue weighted by Crippen LogP contribution is -2.51. The Hall–Kier alpha value is -2.24. The van der Waals surface area contributed by atoms with Crippen LogP contribution in [0.15, 0.2) is 30.3 Å². The van der Waals surface area contributed by atoms with E-state index in [1.54, 1.807) is 0 Å². The topological polar surface area (TPSA) is 67.9 Å². The van der Waals surface area contributed by atoms with Gasteiger partial charge in [0.2, 0.25) is 0 Å². The Kier molecular flexibility index (Phi) is 5.58. The van der Waals surface area contributed by atoms with Crippen molar-refractivity contribution < 1.29 is 19.1 Å². The van der Waals surface area contributed by atoms with Crippen LogP contribution < -0.4 is 5.32 Å². The molecular weight excluding hydrogens is 404 g/mol. The SMILES string of the molecule is CC(C)(C)OC(=O)N[C@@H]1CCN(C(=O)OC2C3CC4CC(C3)CC2C4)[C@H]1c1ccccc1. The van der Waals surface area contributed by atoms with Crippen molar-refractivity contribution >= 4 is 12.2 Å². The standard InChI is InChI=1S/C26H36N2O4/c1-26(2,3)32-24(29)27-21-9-10-28(22(21)18-7-5-4-6-8-18)25(30)31-23-19-12-16-11-17(14-19)15-20(23)13-16/h4-8,16-17,19-23H,9-15H2,1-3H3,(H,27,29)/t16?,17?,19?,20?,21-,22+,23?/m1/s1. The van der Waals surface area contributed by atoms with Gasteiger partial charge < -0.3 is 14.8 Å². The molecule has 32 heavy (non-hydrogen) atoms. The maximum Gasteiger partial charge on any atom is 0.410 e. The molecule has 6 heteroatoms. The lowest BCUT2D eigenvalue weighted by molar-refractivity contribution is -0.103. The average Bonchev–Trinajstić information content (AvgIpc) is 3.12. The van der Waals surface area contributed by atoms with Gasteiger partial charge in [0, 0.05) is 6.54 Å². The minimum atomic E-state index is -0.566. The number of nitrogens with zero attached hydrogens (tertiary/aromatic N) is 1. The Morgan fingerprint density at radius 1 is 0.969 bits per heavy atom. The quantitative estimate of drug-likeness (QED) is 0.694. The number of ether oxygens (including phenoxy) is 2. The van der Waals surface area contributed by atoms with Crippen LogP contribution in [0.3, 0.4) is 0 Å². The van der Waals surface area contributed by atoms with E-state index in [1.807, 2.05) is 56.0 Å². The maximum absolute atomic E-state index is 13.4. The molecule has 0 spiro atoms. The van der Waals surface area contributed by atoms with Gasteiger partial charge in [-0.3, -0.25) is 4.90 Å². The summed E-state index contributed by atoms with van der Waals surface area (Å²) >= 11 is 0. The van der Waals surface area contributed by atoms with E-state index in [4.69, 9.17) is 9.47 Å². The van der Waals surface area contributed by atoms with Crippen LogP contribution >= 0.6 is 0 Å². The van der Waals surface area contributed by atoms with Crippen molar-refractivity contribution in [2.45, 2.75) is 83.1 Å². The normalized spacial score (nSPS) is 35.6. The summed E-state index contributed by atoms with van der Waals surface area (Å²) in [6.07, 6.45) is 6.31. The Labute approximate surface area is 191 Å². The van der Waals surface area contributed by atoms with Crippen LogP contribution in [0.5, 0.6) is 0 Å². The zero-order valence-corrected chi connectivity index (χ0v) is 19.5. The first-order chi connectivity index (χ1) is 15.3. The molecule has 174 valence electrons. The van der Waals surface area contributed by atoms with Gasteiger partial charge in [0.05, 0.1) is 12.1 Å². The second-order valence-electron chi connectivity index (χ2n) is 11.4. The number of hydrogen-bond acceptors (Lipinski definition) is 4. The highest BCUT2D eigenvalue weighted by Gasteiger charge is 2.51. The van der Waals surface area contributed by atoms with Gasteiger partial charge in [0.25, 0.3) is 0 Å². The van der Waals surface area contributed by atoms with Gasteiger partial charge in [0.1, 0.15) is 11.7 Å². The molecule has 0 radical (unpaired) electrons. The molecular formula is C26H36N2O4. The molecule has 2 amide bonds. The van der Waals surface area contributed by atoms with Gasteiger partial charge in [-0.15, -0.1) is 0 Å². The van der Waals surface area contributed by atoms with Crippen molar-refractivity contribution in [2.75, 3.05) is 6.54 Å². The fourth-order valence-corrected chi connectivity index (χ4v) is 6.92. The summed E-state index contributed by atoms with van der Waals surface area (Å²) < 4.78 is 11.7. The van der Waals surface area contributed by atoms with E-state index < -0.39 is 11.7 Å². The Balaban J connectivity index is 1.31. The number of benzene rings is 1. The minimum Gasteiger partial charge on any atom is -0.445 e. The first-order valence-corrected chi connectivity index (χ1v) is 12.3. The third kappa shape index (κ3) is 4.33. The van der Waals surface area contributed by atoms with Gasteiger partial charge >= 0.3 is 12.2 Å². The molecule has 1 N–H and O–H groups in total. The zero-order chi connectivity index (χ0) is 22.5. The molecule has 1 aliphatic heterocycles. The van der Waals surface area contributed by atoms with Crippen LogP contribution in [-0.4, -0.2) is 41.4 Å². The van der Waals surface area contributed by atoms with Gasteiger partial charge in [-0.2, -0.15) is 0 Å². The summed E-state index contributed by atoms with van der Waals surface area (Å²) in [7, 11) is 0. The van der Waals surface area contributed by atoms with Crippen molar-refractivity contribution in [3.05, 3.63) is 35.9 Å². The van der Waals surface area contributed by atoms with Gasteiger partial charge in [0.15, 0.2) is 0 Å². The summed E-state index contributed by atoms with van der Waals surface area (Å²) in [6, 6.07) is 9.47. The molecule has 1 saturated heterocycles. The van der Waals surface area contributed by atoms with Crippen LogP contribution in [0.25, 0.3) is 0 Å². The van der Waals surface area contributed by atoms with Crippen molar-refractivity contribution in [1.82, 2.24) is 10.2 Å². The molecule has 1 aromatic rings. The summed E-state index contributed by atoms with van der Waals surface area (Å²) in [5.74, 6) is 2.75. The van der Waals surface area contributed by atoms with E-state index in [-0.39, 0.29) is 24.3 Å². The van der Waals surface area contributed by atoms with Crippen molar-refractivity contribution in [3.8, 4) is 0 Å². The molecule has 5 fully saturated rings. The number of carbonyl (C=O) groups excluding carboxylic acids is 2. The molecule has 0 unspecified atom stereocenters. The van der Waals surface area contributed by atoms with Crippen molar-refractivity contribution in [3.63, 3.8) is 0 Å². The zero-order valence-electron chi connectivity index (χ0n) is 19.5. The molecule has 4 bridgehead atoms. The van der Waals surface area contributed by atoms with Gasteiger partial charge in [-0.1, -0.05) is 30.3 Å². The summed E-state index contributed by atoms with van der Waals surface area (Å²) in [5.41, 5.74) is 0.441. The van der Waals surface area contributed by atoms with E-state index >= 15 is 0 Å². The van der Waals surface area contributed by atoms with Crippen LogP contribution in [-0.2, 0) is 9.47 Å². The van der Waals surface area contributed by atoms with E-state index in [0.717, 1.165) is 17.4 Å². The molecule has 5 aliphatic rings. The van der Waals surface area contributed by atoms with Crippen molar-refractivity contribution in [1.29, 1.82) is 0 Å². The van der Waals surface area contributed by atoms with E-state index in [9.17, 15) is 9.59 Å². The average molecular weight is 441 g/mol. The van der Waals surface area contributed by atoms with Crippen LogP contribution in [0, 0.1) is 23.7 Å². The number of hydrogen-bond donors (Lipinski definition) is 1. The minimum absolute atomic E-state index is 0.0598. The first kappa shape index (κ1) is 21.6. The number of rotatable bonds is 3. The molecule has 4 saturated carbocycles. The largest absolute Gasteiger partial charge is 0.445 e. The smallest absolute Gasteiger partial charge is 0.410 e. The van der Waals surface area contributed by atoms with Gasteiger partial charge in [-0.05, 0) is 88.5 Å². The molecule has 1 heterocycles. The second-order valence-corrected chi connectivity index (χ2v) is 11.4. The molecule has 1 aromatic carbocycles. The van der Waals surface area contributed by atoms with Crippen LogP contribution in [0.4, 0.5) is 9.59 Å². The first-order valence-electron chi connectivity index (χ1n) is 12.3. The highest BCUT2D eigenvalue weighted by molar-refractivity contribution is 5.71. The summed E-state index contributed by atoms with van der Waals surface area (Å²) in [4.78, 5) is 27.7. The second kappa shape index (κ2) is 8.27. The lowest BCUT2D eigenvalue weighted by atomic mass is 9.55. The number of nitrogens with one attached hydrogen (secondary N) is 1. The predicted octanol–water partition coefficient (Wildman–Crippen LogP) is 5.29. The third-order valence-corrected chi connectivity index (χ3v) is 7.85. The highest BCUT2D eigenvalue weighted by atomic mass is 16.6. The monoisotopic (exact) mass is 440 g/mol. The van der Waals surface area contributed by atoms with Crippen LogP contribution in [0.2, 0.25) is 0 Å². The number of alkyl carbamates (subject to hydrolysis) is 1. The predicted molar refractivity (Wildman–Crippen MR) is 121 cm³/mol. The number of carbonyl (C=O) groups is 2. The Bertz CT molecular complexity index is 821. The lowest BCUT2D eigenvalue weighted by Gasteiger charge is -2.53.